The van der Waals surface area contributed by atoms with E-state index in [2.05, 4.69) is 32.6 Å². The highest BCUT2D eigenvalue weighted by Crippen LogP contribution is 2.47. The van der Waals surface area contributed by atoms with Crippen LogP contribution in [0.2, 0.25) is 0 Å². The van der Waals surface area contributed by atoms with Gasteiger partial charge < -0.3 is 9.64 Å². The highest BCUT2D eigenvalue weighted by atomic mass is 32.1. The second kappa shape index (κ2) is 6.53. The third-order valence-electron chi connectivity index (χ3n) is 5.70. The van der Waals surface area contributed by atoms with Crippen LogP contribution in [0.25, 0.3) is 11.3 Å². The molecule has 5 rings (SSSR count). The highest BCUT2D eigenvalue weighted by Gasteiger charge is 2.46. The Kier molecular flexibility index (Phi) is 4.01. The summed E-state index contributed by atoms with van der Waals surface area (Å²) in [5.74, 6) is 0.895. The number of hydrogen-bond donors (Lipinski definition) is 1. The molecular formula is C21H21N3O2S. The number of carbonyl (C=O) groups is 1. The van der Waals surface area contributed by atoms with Crippen molar-refractivity contribution in [2.75, 3.05) is 7.11 Å². The molecule has 1 N–H and O–H groups in total. The molecule has 5 nitrogen and oxygen atoms in total. The number of hydrogen-bond acceptors (Lipinski definition) is 4. The molecule has 0 spiro atoms. The maximum absolute atomic E-state index is 13.3. The predicted molar refractivity (Wildman–Crippen MR) is 105 cm³/mol. The van der Waals surface area contributed by atoms with Crippen molar-refractivity contribution in [2.24, 2.45) is 0 Å². The molecule has 1 aliphatic carbocycles. The second-order valence-electron chi connectivity index (χ2n) is 7.16. The maximum Gasteiger partial charge on any atom is 0.273 e. The second-order valence-corrected chi connectivity index (χ2v) is 8.14. The van der Waals surface area contributed by atoms with Gasteiger partial charge in [0.2, 0.25) is 0 Å². The lowest BCUT2D eigenvalue weighted by Gasteiger charge is -2.31. The zero-order valence-corrected chi connectivity index (χ0v) is 16.0. The summed E-state index contributed by atoms with van der Waals surface area (Å²) in [4.78, 5) is 16.6. The van der Waals surface area contributed by atoms with E-state index in [-0.39, 0.29) is 11.9 Å². The minimum absolute atomic E-state index is 0.0496. The lowest BCUT2D eigenvalue weighted by atomic mass is 10.00. The average molecular weight is 379 g/mol. The van der Waals surface area contributed by atoms with Crippen molar-refractivity contribution in [2.45, 2.75) is 37.8 Å². The van der Waals surface area contributed by atoms with Crippen LogP contribution < -0.4 is 4.74 Å². The molecule has 1 amide bonds. The van der Waals surface area contributed by atoms with Crippen LogP contribution in [0.5, 0.6) is 5.75 Å². The van der Waals surface area contributed by atoms with E-state index in [1.165, 1.54) is 17.7 Å². The fourth-order valence-electron chi connectivity index (χ4n) is 4.42. The lowest BCUT2D eigenvalue weighted by molar-refractivity contribution is 0.0663. The monoisotopic (exact) mass is 379 g/mol. The Hall–Kier alpha value is -2.60. The van der Waals surface area contributed by atoms with E-state index < -0.39 is 0 Å². The van der Waals surface area contributed by atoms with Crippen LogP contribution in [0.15, 0.2) is 41.8 Å². The van der Waals surface area contributed by atoms with Gasteiger partial charge in [0.1, 0.15) is 11.4 Å². The number of thiophene rings is 1. The number of nitrogens with zero attached hydrogens (tertiary/aromatic N) is 2. The summed E-state index contributed by atoms with van der Waals surface area (Å²) >= 11 is 1.71. The van der Waals surface area contributed by atoms with E-state index in [0.29, 0.717) is 11.7 Å². The highest BCUT2D eigenvalue weighted by molar-refractivity contribution is 7.10. The van der Waals surface area contributed by atoms with Gasteiger partial charge in [-0.15, -0.1) is 11.3 Å². The number of amides is 1. The van der Waals surface area contributed by atoms with Crippen molar-refractivity contribution >= 4 is 17.2 Å². The summed E-state index contributed by atoms with van der Waals surface area (Å²) in [6, 6.07) is 12.3. The van der Waals surface area contributed by atoms with Crippen LogP contribution in [-0.4, -0.2) is 34.2 Å². The molecule has 6 heteroatoms. The van der Waals surface area contributed by atoms with E-state index >= 15 is 0 Å². The zero-order valence-electron chi connectivity index (χ0n) is 15.1. The Morgan fingerprint density at radius 1 is 1.19 bits per heavy atom. The largest absolute Gasteiger partial charge is 0.497 e. The van der Waals surface area contributed by atoms with Gasteiger partial charge in [0.05, 0.1) is 18.8 Å². The molecule has 1 aromatic carbocycles. The molecule has 0 bridgehead atoms. The number of carbonyl (C=O) groups excluding carboxylic acids is 1. The van der Waals surface area contributed by atoms with Gasteiger partial charge in [0.15, 0.2) is 0 Å². The molecule has 1 unspecified atom stereocenters. The molecule has 27 heavy (non-hydrogen) atoms. The van der Waals surface area contributed by atoms with Crippen molar-refractivity contribution in [1.82, 2.24) is 15.1 Å². The Labute approximate surface area is 162 Å². The van der Waals surface area contributed by atoms with E-state index in [9.17, 15) is 4.79 Å². The predicted octanol–water partition coefficient (Wildman–Crippen LogP) is 4.63. The number of nitrogens with one attached hydrogen (secondary N) is 1. The fourth-order valence-corrected chi connectivity index (χ4v) is 5.25. The fraction of sp³-hybridized carbons (Fsp3) is 0.333. The van der Waals surface area contributed by atoms with Crippen molar-refractivity contribution in [3.05, 3.63) is 57.9 Å². The third kappa shape index (κ3) is 2.58. The Bertz CT molecular complexity index is 956. The molecular weight excluding hydrogens is 358 g/mol. The number of aromatic amines is 1. The lowest BCUT2D eigenvalue weighted by Crippen LogP contribution is -2.37. The Balaban J connectivity index is 1.64. The number of methoxy groups -OCH3 is 1. The van der Waals surface area contributed by atoms with Crippen LogP contribution in [0.1, 0.15) is 52.7 Å². The smallest absolute Gasteiger partial charge is 0.273 e. The first kappa shape index (κ1) is 16.6. The summed E-state index contributed by atoms with van der Waals surface area (Å²) in [5.41, 5.74) is 3.52. The van der Waals surface area contributed by atoms with Gasteiger partial charge in [-0.25, -0.2) is 0 Å². The van der Waals surface area contributed by atoms with Gasteiger partial charge >= 0.3 is 0 Å². The van der Waals surface area contributed by atoms with Gasteiger partial charge in [-0.1, -0.05) is 18.9 Å². The number of aromatic nitrogens is 2. The van der Waals surface area contributed by atoms with E-state index in [0.717, 1.165) is 35.4 Å². The summed E-state index contributed by atoms with van der Waals surface area (Å²) in [6.07, 6.45) is 4.57. The van der Waals surface area contributed by atoms with Crippen LogP contribution in [-0.2, 0) is 0 Å². The molecule has 1 saturated carbocycles. The Morgan fingerprint density at radius 3 is 2.63 bits per heavy atom. The first-order chi connectivity index (χ1) is 13.3. The first-order valence-electron chi connectivity index (χ1n) is 9.36. The van der Waals surface area contributed by atoms with E-state index in [1.807, 2.05) is 24.3 Å². The van der Waals surface area contributed by atoms with E-state index in [1.54, 1.807) is 18.4 Å². The number of ether oxygens (including phenoxy) is 1. The normalized spacial score (nSPS) is 19.7. The van der Waals surface area contributed by atoms with Gasteiger partial charge in [0.25, 0.3) is 5.91 Å². The number of rotatable bonds is 4. The summed E-state index contributed by atoms with van der Waals surface area (Å²) in [7, 11) is 1.66. The summed E-state index contributed by atoms with van der Waals surface area (Å²) in [6.45, 7) is 0. The van der Waals surface area contributed by atoms with Crippen LogP contribution in [0.4, 0.5) is 0 Å². The van der Waals surface area contributed by atoms with Gasteiger partial charge in [-0.3, -0.25) is 9.89 Å². The quantitative estimate of drug-likeness (QED) is 0.719. The van der Waals surface area contributed by atoms with Crippen LogP contribution in [0.3, 0.4) is 0 Å². The molecule has 0 saturated heterocycles. The molecule has 0 radical (unpaired) electrons. The third-order valence-corrected chi connectivity index (χ3v) is 6.62. The minimum atomic E-state index is -0.0496. The Morgan fingerprint density at radius 2 is 1.96 bits per heavy atom. The van der Waals surface area contributed by atoms with Gasteiger partial charge in [-0.05, 0) is 48.6 Å². The van der Waals surface area contributed by atoms with Crippen molar-refractivity contribution < 1.29 is 9.53 Å². The molecule has 138 valence electrons. The average Bonchev–Trinajstić information content (AvgIpc) is 3.48. The zero-order chi connectivity index (χ0) is 18.4. The van der Waals surface area contributed by atoms with Gasteiger partial charge in [0, 0.05) is 22.0 Å². The van der Waals surface area contributed by atoms with Crippen molar-refractivity contribution in [1.29, 1.82) is 0 Å². The SMILES string of the molecule is COc1ccc(-c2n[nH]c3c2C(c2cccs2)N(C2CCCC2)C3=O)cc1. The van der Waals surface area contributed by atoms with Gasteiger partial charge in [-0.2, -0.15) is 5.10 Å². The standard InChI is InChI=1S/C21H21N3O2S/c1-26-15-10-8-13(9-11-15)18-17-19(23-22-18)21(25)24(14-5-2-3-6-14)20(17)16-7-4-12-27-16/h4,7-12,14,20H,2-3,5-6H2,1H3,(H,22,23). The van der Waals surface area contributed by atoms with E-state index in [4.69, 9.17) is 4.74 Å². The number of benzene rings is 1. The molecule has 1 aliphatic heterocycles. The first-order valence-corrected chi connectivity index (χ1v) is 10.2. The topological polar surface area (TPSA) is 58.2 Å². The molecule has 2 aliphatic rings. The van der Waals surface area contributed by atoms with Crippen LogP contribution in [0, 0.1) is 0 Å². The summed E-state index contributed by atoms with van der Waals surface area (Å²) in [5, 5.41) is 9.65. The number of H-pyrrole nitrogens is 1. The van der Waals surface area contributed by atoms with Crippen molar-refractivity contribution in [3.8, 4) is 17.0 Å². The summed E-state index contributed by atoms with van der Waals surface area (Å²) < 4.78 is 5.27. The minimum Gasteiger partial charge on any atom is -0.497 e. The molecule has 2 aromatic heterocycles. The molecule has 1 fully saturated rings. The van der Waals surface area contributed by atoms with Crippen molar-refractivity contribution in [3.63, 3.8) is 0 Å². The maximum atomic E-state index is 13.3. The molecule has 3 heterocycles. The molecule has 1 atom stereocenters. The molecule has 3 aromatic rings. The number of fused-ring (bicyclic) bond motifs is 1. The van der Waals surface area contributed by atoms with Crippen LogP contribution >= 0.6 is 11.3 Å².